The van der Waals surface area contributed by atoms with Crippen LogP contribution in [0.1, 0.15) is 41.2 Å². The van der Waals surface area contributed by atoms with E-state index in [0.29, 0.717) is 24.1 Å². The van der Waals surface area contributed by atoms with Gasteiger partial charge in [0.2, 0.25) is 0 Å². The first kappa shape index (κ1) is 19.4. The van der Waals surface area contributed by atoms with Crippen LogP contribution in [0.4, 0.5) is 17.6 Å². The minimum atomic E-state index is -5.04. The van der Waals surface area contributed by atoms with E-state index in [1.165, 1.54) is 6.07 Å². The molecule has 0 saturated heterocycles. The van der Waals surface area contributed by atoms with Crippen LogP contribution >= 0.6 is 0 Å². The topological polar surface area (TPSA) is 38.3 Å². The molecular formula is C20H19F4NO2. The van der Waals surface area contributed by atoms with Gasteiger partial charge in [0, 0.05) is 19.5 Å². The second-order valence-electron chi connectivity index (χ2n) is 6.68. The van der Waals surface area contributed by atoms with Crippen LogP contribution in [-0.2, 0) is 16.0 Å². The lowest BCUT2D eigenvalue weighted by molar-refractivity contribution is -0.205. The third-order valence-corrected chi connectivity index (χ3v) is 4.64. The first-order valence-electron chi connectivity index (χ1n) is 8.60. The molecule has 3 rings (SSSR count). The zero-order chi connectivity index (χ0) is 19.6. The number of hydrogen-bond donors (Lipinski definition) is 1. The molecule has 2 aromatic carbocycles. The van der Waals surface area contributed by atoms with E-state index in [9.17, 15) is 22.4 Å². The van der Waals surface area contributed by atoms with Gasteiger partial charge in [0.1, 0.15) is 11.9 Å². The van der Waals surface area contributed by atoms with Gasteiger partial charge < -0.3 is 10.1 Å². The Labute approximate surface area is 154 Å². The molecule has 1 heterocycles. The average molecular weight is 381 g/mol. The van der Waals surface area contributed by atoms with Crippen LogP contribution in [0.15, 0.2) is 42.5 Å². The summed E-state index contributed by atoms with van der Waals surface area (Å²) in [5, 5.41) is 3.02. The Hall–Kier alpha value is -2.41. The number of fused-ring (bicyclic) bond motifs is 1. The zero-order valence-electron chi connectivity index (χ0n) is 14.6. The van der Waals surface area contributed by atoms with Crippen molar-refractivity contribution in [1.29, 1.82) is 0 Å². The Kier molecular flexibility index (Phi) is 5.51. The van der Waals surface area contributed by atoms with Crippen molar-refractivity contribution in [2.45, 2.75) is 31.5 Å². The highest BCUT2D eigenvalue weighted by molar-refractivity contribution is 5.76. The maximum Gasteiger partial charge on any atom is 0.490 e. The molecule has 0 radical (unpaired) electrons. The highest BCUT2D eigenvalue weighted by Crippen LogP contribution is 2.33. The van der Waals surface area contributed by atoms with Crippen molar-refractivity contribution in [3.8, 4) is 0 Å². The summed E-state index contributed by atoms with van der Waals surface area (Å²) in [5.74, 6) is -2.50. The number of halogens is 4. The van der Waals surface area contributed by atoms with Crippen LogP contribution < -0.4 is 5.32 Å². The van der Waals surface area contributed by atoms with Crippen molar-refractivity contribution in [3.05, 3.63) is 70.5 Å². The summed E-state index contributed by atoms with van der Waals surface area (Å²) < 4.78 is 56.3. The normalized spacial score (nSPS) is 19.9. The van der Waals surface area contributed by atoms with Gasteiger partial charge in [-0.3, -0.25) is 0 Å². The lowest BCUT2D eigenvalue weighted by Gasteiger charge is -2.20. The molecule has 0 aliphatic carbocycles. The predicted octanol–water partition coefficient (Wildman–Crippen LogP) is 4.27. The molecule has 1 N–H and O–H groups in total. The number of alkyl halides is 3. The van der Waals surface area contributed by atoms with Crippen LogP contribution in [-0.4, -0.2) is 25.2 Å². The number of nitrogens with one attached hydrogen (secondary N) is 1. The lowest BCUT2D eigenvalue weighted by atomic mass is 9.90. The number of benzene rings is 2. The molecule has 0 aromatic heterocycles. The molecule has 0 fully saturated rings. The van der Waals surface area contributed by atoms with Crippen LogP contribution in [0.2, 0.25) is 0 Å². The fourth-order valence-electron chi connectivity index (χ4n) is 3.27. The fourth-order valence-corrected chi connectivity index (χ4v) is 3.27. The highest BCUT2D eigenvalue weighted by Gasteiger charge is 2.43. The molecule has 27 heavy (non-hydrogen) atoms. The molecule has 0 amide bonds. The Morgan fingerprint density at radius 3 is 2.59 bits per heavy atom. The number of esters is 1. The number of hydrogen-bond acceptors (Lipinski definition) is 3. The van der Waals surface area contributed by atoms with Crippen molar-refractivity contribution < 1.29 is 27.1 Å². The van der Waals surface area contributed by atoms with Gasteiger partial charge >= 0.3 is 12.1 Å². The maximum absolute atomic E-state index is 13.9. The summed E-state index contributed by atoms with van der Waals surface area (Å²) in [4.78, 5) is 11.3. The maximum atomic E-state index is 13.9. The minimum Gasteiger partial charge on any atom is -0.449 e. The highest BCUT2D eigenvalue weighted by atomic mass is 19.4. The molecule has 144 valence electrons. The molecule has 1 aliphatic rings. The summed E-state index contributed by atoms with van der Waals surface area (Å²) in [6, 6.07) is 11.7. The van der Waals surface area contributed by atoms with Crippen LogP contribution in [0.25, 0.3) is 0 Å². The SMILES string of the molecule is CC1CNCC(OC(=O)C(F)(F)F)c2ccc(Cc3ccccc3F)cc21. The quantitative estimate of drug-likeness (QED) is 0.638. The monoisotopic (exact) mass is 381 g/mol. The van der Waals surface area contributed by atoms with Crippen molar-refractivity contribution in [1.82, 2.24) is 5.32 Å². The van der Waals surface area contributed by atoms with Gasteiger partial charge in [-0.25, -0.2) is 9.18 Å². The van der Waals surface area contributed by atoms with E-state index in [0.717, 1.165) is 11.1 Å². The van der Waals surface area contributed by atoms with Crippen LogP contribution in [0.5, 0.6) is 0 Å². The Morgan fingerprint density at radius 1 is 1.15 bits per heavy atom. The zero-order valence-corrected chi connectivity index (χ0v) is 14.6. The molecule has 1 aliphatic heterocycles. The molecular weight excluding hydrogens is 362 g/mol. The van der Waals surface area contributed by atoms with E-state index in [1.54, 1.807) is 30.3 Å². The number of carbonyl (C=O) groups is 1. The van der Waals surface area contributed by atoms with Gasteiger partial charge in [-0.1, -0.05) is 43.3 Å². The molecule has 3 nitrogen and oxygen atoms in total. The summed E-state index contributed by atoms with van der Waals surface area (Å²) in [5.41, 5.74) is 2.72. The second kappa shape index (κ2) is 7.68. The number of rotatable bonds is 3. The van der Waals surface area contributed by atoms with Gasteiger partial charge in [0.15, 0.2) is 0 Å². The first-order valence-corrected chi connectivity index (χ1v) is 8.60. The van der Waals surface area contributed by atoms with Crippen molar-refractivity contribution in [2.24, 2.45) is 0 Å². The number of ether oxygens (including phenoxy) is 1. The van der Waals surface area contributed by atoms with E-state index >= 15 is 0 Å². The van der Waals surface area contributed by atoms with Gasteiger partial charge in [-0.2, -0.15) is 13.2 Å². The van der Waals surface area contributed by atoms with E-state index in [-0.39, 0.29) is 18.3 Å². The molecule has 2 aromatic rings. The van der Waals surface area contributed by atoms with Gasteiger partial charge in [0.25, 0.3) is 0 Å². The molecule has 7 heteroatoms. The molecule has 2 atom stereocenters. The van der Waals surface area contributed by atoms with E-state index in [4.69, 9.17) is 4.74 Å². The Bertz CT molecular complexity index is 835. The van der Waals surface area contributed by atoms with Gasteiger partial charge in [-0.05, 0) is 34.2 Å². The smallest absolute Gasteiger partial charge is 0.449 e. The van der Waals surface area contributed by atoms with Crippen molar-refractivity contribution >= 4 is 5.97 Å². The summed E-state index contributed by atoms with van der Waals surface area (Å²) in [7, 11) is 0. The molecule has 0 bridgehead atoms. The Balaban J connectivity index is 1.90. The molecule has 0 saturated carbocycles. The van der Waals surface area contributed by atoms with Crippen LogP contribution in [0, 0.1) is 5.82 Å². The lowest BCUT2D eigenvalue weighted by Crippen LogP contribution is -2.31. The predicted molar refractivity (Wildman–Crippen MR) is 91.8 cm³/mol. The second-order valence-corrected chi connectivity index (χ2v) is 6.68. The van der Waals surface area contributed by atoms with E-state index in [2.05, 4.69) is 5.32 Å². The molecule has 0 spiro atoms. The third-order valence-electron chi connectivity index (χ3n) is 4.64. The standard InChI is InChI=1S/C20H19F4NO2/c1-12-10-25-11-18(27-19(26)20(22,23)24)15-7-6-13(9-16(12)15)8-14-4-2-3-5-17(14)21/h2-7,9,12,18,25H,8,10-11H2,1H3. The average Bonchev–Trinajstić information content (AvgIpc) is 2.76. The first-order chi connectivity index (χ1) is 12.8. The third kappa shape index (κ3) is 4.47. The van der Waals surface area contributed by atoms with E-state index in [1.807, 2.05) is 13.0 Å². The fraction of sp³-hybridized carbons (Fsp3) is 0.350. The largest absolute Gasteiger partial charge is 0.490 e. The summed E-state index contributed by atoms with van der Waals surface area (Å²) in [6.07, 6.45) is -5.70. The Morgan fingerprint density at radius 2 is 1.89 bits per heavy atom. The summed E-state index contributed by atoms with van der Waals surface area (Å²) in [6.45, 7) is 2.58. The van der Waals surface area contributed by atoms with Crippen molar-refractivity contribution in [3.63, 3.8) is 0 Å². The van der Waals surface area contributed by atoms with E-state index < -0.39 is 18.2 Å². The van der Waals surface area contributed by atoms with Crippen molar-refractivity contribution in [2.75, 3.05) is 13.1 Å². The minimum absolute atomic E-state index is 0.00941. The summed E-state index contributed by atoms with van der Waals surface area (Å²) >= 11 is 0. The van der Waals surface area contributed by atoms with Crippen LogP contribution in [0.3, 0.4) is 0 Å². The molecule has 2 unspecified atom stereocenters. The van der Waals surface area contributed by atoms with Gasteiger partial charge in [0.05, 0.1) is 0 Å². The van der Waals surface area contributed by atoms with Gasteiger partial charge in [-0.15, -0.1) is 0 Å². The number of carbonyl (C=O) groups excluding carboxylic acids is 1.